The van der Waals surface area contributed by atoms with Crippen molar-refractivity contribution in [3.63, 3.8) is 0 Å². The Labute approximate surface area is 106 Å². The van der Waals surface area contributed by atoms with Gasteiger partial charge in [-0.3, -0.25) is 4.99 Å². The number of imidazole rings is 1. The maximum absolute atomic E-state index is 4.30. The van der Waals surface area contributed by atoms with Gasteiger partial charge in [0.05, 0.1) is 27.6 Å². The summed E-state index contributed by atoms with van der Waals surface area (Å²) in [4.78, 5) is 11.7. The van der Waals surface area contributed by atoms with Crippen LogP contribution in [0.25, 0.3) is 11.0 Å². The summed E-state index contributed by atoms with van der Waals surface area (Å²) in [6.07, 6.45) is 1.71. The normalized spacial score (nSPS) is 14.9. The highest BCUT2D eigenvalue weighted by atomic mass is 127. The standard InChI is InChI=1S/C10H10IN5/c11-8-6(16-10-12-3-4-13-10)1-2-7-9(8)15-5-14-7/h1-2,5H,3-4H2,(H,14,15)(H2,12,13,16). The van der Waals surface area contributed by atoms with Gasteiger partial charge in [-0.15, -0.1) is 0 Å². The maximum atomic E-state index is 4.30. The number of rotatable bonds is 1. The summed E-state index contributed by atoms with van der Waals surface area (Å²) >= 11 is 2.29. The summed E-state index contributed by atoms with van der Waals surface area (Å²) in [5.74, 6) is 0.841. The fraction of sp³-hybridized carbons (Fsp3) is 0.200. The van der Waals surface area contributed by atoms with Gasteiger partial charge < -0.3 is 15.6 Å². The first-order valence-corrected chi connectivity index (χ1v) is 6.09. The Bertz CT molecular complexity index is 559. The molecule has 0 atom stereocenters. The molecule has 0 amide bonds. The fourth-order valence-electron chi connectivity index (χ4n) is 1.68. The molecular weight excluding hydrogens is 317 g/mol. The molecule has 2 heterocycles. The van der Waals surface area contributed by atoms with Gasteiger partial charge in [-0.05, 0) is 34.7 Å². The third kappa shape index (κ3) is 1.62. The minimum Gasteiger partial charge on any atom is -0.354 e. The highest BCUT2D eigenvalue weighted by molar-refractivity contribution is 14.1. The maximum Gasteiger partial charge on any atom is 0.195 e. The molecule has 2 aromatic rings. The van der Waals surface area contributed by atoms with E-state index in [9.17, 15) is 0 Å². The van der Waals surface area contributed by atoms with E-state index in [1.54, 1.807) is 6.33 Å². The van der Waals surface area contributed by atoms with Crippen LogP contribution in [0.2, 0.25) is 0 Å². The molecule has 1 aromatic heterocycles. The number of aliphatic imine (C=N–C) groups is 1. The zero-order valence-electron chi connectivity index (χ0n) is 8.42. The zero-order chi connectivity index (χ0) is 11.0. The Morgan fingerprint density at radius 3 is 3.12 bits per heavy atom. The lowest BCUT2D eigenvalue weighted by molar-refractivity contribution is 0.959. The number of hydrogen-bond donors (Lipinski definition) is 3. The van der Waals surface area contributed by atoms with E-state index in [2.05, 4.69) is 48.2 Å². The van der Waals surface area contributed by atoms with Crippen LogP contribution >= 0.6 is 22.6 Å². The molecule has 0 saturated carbocycles. The molecule has 0 fully saturated rings. The van der Waals surface area contributed by atoms with Crippen LogP contribution in [0.3, 0.4) is 0 Å². The molecule has 0 saturated heterocycles. The number of benzene rings is 1. The molecule has 5 nitrogen and oxygen atoms in total. The van der Waals surface area contributed by atoms with Crippen LogP contribution in [0.1, 0.15) is 0 Å². The summed E-state index contributed by atoms with van der Waals surface area (Å²) in [6, 6.07) is 4.05. The van der Waals surface area contributed by atoms with Crippen molar-refractivity contribution in [3.8, 4) is 0 Å². The highest BCUT2D eigenvalue weighted by Gasteiger charge is 2.10. The van der Waals surface area contributed by atoms with Gasteiger partial charge in [0.2, 0.25) is 0 Å². The lowest BCUT2D eigenvalue weighted by Crippen LogP contribution is -2.26. The number of H-pyrrole nitrogens is 1. The molecule has 0 spiro atoms. The minimum atomic E-state index is 0.837. The van der Waals surface area contributed by atoms with Crippen molar-refractivity contribution in [1.82, 2.24) is 15.3 Å². The number of halogens is 1. The van der Waals surface area contributed by atoms with Gasteiger partial charge in [0, 0.05) is 6.54 Å². The van der Waals surface area contributed by atoms with Crippen LogP contribution in [0.5, 0.6) is 0 Å². The number of guanidine groups is 1. The number of nitrogens with one attached hydrogen (secondary N) is 3. The number of hydrogen-bond acceptors (Lipinski definition) is 4. The third-order valence-corrected chi connectivity index (χ3v) is 3.55. The molecule has 16 heavy (non-hydrogen) atoms. The molecular formula is C10H10IN5. The van der Waals surface area contributed by atoms with Crippen LogP contribution in [-0.2, 0) is 0 Å². The highest BCUT2D eigenvalue weighted by Crippen LogP contribution is 2.25. The van der Waals surface area contributed by atoms with Crippen molar-refractivity contribution in [2.75, 3.05) is 18.4 Å². The monoisotopic (exact) mass is 327 g/mol. The van der Waals surface area contributed by atoms with Gasteiger partial charge in [-0.1, -0.05) is 0 Å². The number of nitrogens with zero attached hydrogens (tertiary/aromatic N) is 2. The van der Waals surface area contributed by atoms with E-state index >= 15 is 0 Å². The van der Waals surface area contributed by atoms with Gasteiger partial charge in [0.15, 0.2) is 5.96 Å². The van der Waals surface area contributed by atoms with Crippen molar-refractivity contribution in [1.29, 1.82) is 0 Å². The van der Waals surface area contributed by atoms with Crippen LogP contribution in [0.15, 0.2) is 23.5 Å². The average molecular weight is 327 g/mol. The molecule has 0 unspecified atom stereocenters. The van der Waals surface area contributed by atoms with E-state index in [0.29, 0.717) is 0 Å². The van der Waals surface area contributed by atoms with Crippen molar-refractivity contribution in [2.24, 2.45) is 4.99 Å². The summed E-state index contributed by atoms with van der Waals surface area (Å²) in [5.41, 5.74) is 3.08. The molecule has 1 aliphatic rings. The molecule has 0 aliphatic carbocycles. The summed E-state index contributed by atoms with van der Waals surface area (Å²) in [5, 5.41) is 6.45. The summed E-state index contributed by atoms with van der Waals surface area (Å²) in [6.45, 7) is 1.74. The number of aromatic amines is 1. The Morgan fingerprint density at radius 2 is 2.31 bits per heavy atom. The van der Waals surface area contributed by atoms with E-state index in [4.69, 9.17) is 0 Å². The topological polar surface area (TPSA) is 65.1 Å². The second-order valence-corrected chi connectivity index (χ2v) is 4.59. The predicted octanol–water partition coefficient (Wildman–Crippen LogP) is 1.54. The van der Waals surface area contributed by atoms with E-state index in [-0.39, 0.29) is 0 Å². The molecule has 6 heteroatoms. The molecule has 0 radical (unpaired) electrons. The van der Waals surface area contributed by atoms with Crippen LogP contribution in [0, 0.1) is 3.57 Å². The molecule has 3 rings (SSSR count). The van der Waals surface area contributed by atoms with Crippen LogP contribution < -0.4 is 10.6 Å². The number of aromatic nitrogens is 2. The number of fused-ring (bicyclic) bond motifs is 1. The largest absolute Gasteiger partial charge is 0.354 e. The van der Waals surface area contributed by atoms with Gasteiger partial charge in [0.1, 0.15) is 5.52 Å². The quantitative estimate of drug-likeness (QED) is 0.696. The summed E-state index contributed by atoms with van der Waals surface area (Å²) < 4.78 is 1.10. The minimum absolute atomic E-state index is 0.837. The smallest absolute Gasteiger partial charge is 0.195 e. The molecule has 1 aliphatic heterocycles. The van der Waals surface area contributed by atoms with Gasteiger partial charge in [-0.25, -0.2) is 4.98 Å². The molecule has 82 valence electrons. The Morgan fingerprint density at radius 1 is 1.38 bits per heavy atom. The van der Waals surface area contributed by atoms with Crippen molar-refractivity contribution < 1.29 is 0 Å². The first-order chi connectivity index (χ1) is 7.84. The summed E-state index contributed by atoms with van der Waals surface area (Å²) in [7, 11) is 0. The molecule has 1 aromatic carbocycles. The lowest BCUT2D eigenvalue weighted by Gasteiger charge is -2.08. The van der Waals surface area contributed by atoms with Crippen molar-refractivity contribution in [2.45, 2.75) is 0 Å². The van der Waals surface area contributed by atoms with E-state index in [1.165, 1.54) is 0 Å². The van der Waals surface area contributed by atoms with Crippen LogP contribution in [0.4, 0.5) is 5.69 Å². The second-order valence-electron chi connectivity index (χ2n) is 3.51. The average Bonchev–Trinajstić information content (AvgIpc) is 2.93. The Kier molecular flexibility index (Phi) is 2.43. The van der Waals surface area contributed by atoms with Crippen LogP contribution in [-0.4, -0.2) is 29.0 Å². The number of anilines is 1. The van der Waals surface area contributed by atoms with E-state index in [1.807, 2.05) is 12.1 Å². The molecule has 3 N–H and O–H groups in total. The second kappa shape index (κ2) is 3.93. The third-order valence-electron chi connectivity index (χ3n) is 2.46. The fourth-order valence-corrected chi connectivity index (χ4v) is 2.42. The first kappa shape index (κ1) is 9.88. The Balaban J connectivity index is 1.99. The van der Waals surface area contributed by atoms with Crippen molar-refractivity contribution in [3.05, 3.63) is 22.0 Å². The van der Waals surface area contributed by atoms with E-state index in [0.717, 1.165) is 39.3 Å². The lowest BCUT2D eigenvalue weighted by atomic mass is 10.3. The predicted molar refractivity (Wildman–Crippen MR) is 72.7 cm³/mol. The van der Waals surface area contributed by atoms with Gasteiger partial charge in [0.25, 0.3) is 0 Å². The van der Waals surface area contributed by atoms with Gasteiger partial charge >= 0.3 is 0 Å². The first-order valence-electron chi connectivity index (χ1n) is 5.01. The SMILES string of the molecule is Ic1c(NC2=NCCN2)ccc2[nH]cnc12. The van der Waals surface area contributed by atoms with Crippen molar-refractivity contribution >= 4 is 45.3 Å². The zero-order valence-corrected chi connectivity index (χ0v) is 10.6. The van der Waals surface area contributed by atoms with E-state index < -0.39 is 0 Å². The molecule has 0 bridgehead atoms. The van der Waals surface area contributed by atoms with Gasteiger partial charge in [-0.2, -0.15) is 0 Å². The Hall–Kier alpha value is -1.31.